The van der Waals surface area contributed by atoms with Crippen LogP contribution in [0.2, 0.25) is 0 Å². The quantitative estimate of drug-likeness (QED) is 0.0960. The maximum atomic E-state index is 13.1. The number of hydrogen-bond donors (Lipinski definition) is 2. The van der Waals surface area contributed by atoms with Crippen molar-refractivity contribution in [2.75, 3.05) is 13.2 Å². The van der Waals surface area contributed by atoms with E-state index < -0.39 is 23.3 Å². The molecule has 2 N–H and O–H groups in total. The Morgan fingerprint density at radius 1 is 0.846 bits per heavy atom. The number of rotatable bonds is 17. The molecular formula is C33H42O6. The summed E-state index contributed by atoms with van der Waals surface area (Å²) in [7, 11) is 0. The van der Waals surface area contributed by atoms with Gasteiger partial charge in [-0.2, -0.15) is 0 Å². The van der Waals surface area contributed by atoms with Gasteiger partial charge in [0.25, 0.3) is 0 Å². The first kappa shape index (κ1) is 30.2. The molecule has 0 saturated heterocycles. The fourth-order valence-corrected chi connectivity index (χ4v) is 4.88. The summed E-state index contributed by atoms with van der Waals surface area (Å²) in [4.78, 5) is 24.6. The lowest BCUT2D eigenvalue weighted by Crippen LogP contribution is -2.27. The van der Waals surface area contributed by atoms with Gasteiger partial charge in [0, 0.05) is 17.6 Å². The standard InChI is InChI=1S/C33H42O6/c1-2-3-10-21-33(22-19-26(20-23-33)31(35)36)29-13-8-9-14-30(29)39-32(37)27-15-17-28(18-16-27)38-25-12-7-5-4-6-11-24-34/h8-9,13-20,22-23,26,34H,2-7,10-12,21,24-25H2,1H3,(H,35,36). The molecule has 0 aliphatic heterocycles. The van der Waals surface area contributed by atoms with Crippen LogP contribution in [0.25, 0.3) is 0 Å². The Balaban J connectivity index is 1.64. The highest BCUT2D eigenvalue weighted by atomic mass is 16.5. The van der Waals surface area contributed by atoms with Crippen LogP contribution in [0.3, 0.4) is 0 Å². The second-order valence-electron chi connectivity index (χ2n) is 10.2. The topological polar surface area (TPSA) is 93.1 Å². The highest BCUT2D eigenvalue weighted by molar-refractivity contribution is 5.91. The summed E-state index contributed by atoms with van der Waals surface area (Å²) in [5, 5.41) is 18.3. The first-order valence-corrected chi connectivity index (χ1v) is 14.3. The van der Waals surface area contributed by atoms with Gasteiger partial charge in [-0.15, -0.1) is 0 Å². The lowest BCUT2D eigenvalue weighted by Gasteiger charge is -2.32. The van der Waals surface area contributed by atoms with Crippen LogP contribution < -0.4 is 9.47 Å². The average Bonchev–Trinajstić information content (AvgIpc) is 2.95. The molecule has 0 amide bonds. The highest BCUT2D eigenvalue weighted by Gasteiger charge is 2.33. The van der Waals surface area contributed by atoms with Gasteiger partial charge in [-0.05, 0) is 49.6 Å². The van der Waals surface area contributed by atoms with Crippen molar-refractivity contribution in [3.63, 3.8) is 0 Å². The summed E-state index contributed by atoms with van der Waals surface area (Å²) >= 11 is 0. The summed E-state index contributed by atoms with van der Waals surface area (Å²) in [5.74, 6) is -0.801. The molecule has 1 aliphatic carbocycles. The van der Waals surface area contributed by atoms with E-state index >= 15 is 0 Å². The Morgan fingerprint density at radius 3 is 2.18 bits per heavy atom. The number of aliphatic carboxylic acids is 1. The maximum absolute atomic E-state index is 13.1. The highest BCUT2D eigenvalue weighted by Crippen LogP contribution is 2.41. The van der Waals surface area contributed by atoms with E-state index in [1.807, 2.05) is 30.4 Å². The summed E-state index contributed by atoms with van der Waals surface area (Å²) in [6, 6.07) is 14.5. The minimum atomic E-state index is -0.883. The zero-order valence-electron chi connectivity index (χ0n) is 23.0. The SMILES string of the molecule is CCCCCC1(c2ccccc2OC(=O)c2ccc(OCCCCCCCCO)cc2)C=CC(C(=O)O)C=C1. The van der Waals surface area contributed by atoms with Crippen molar-refractivity contribution < 1.29 is 29.3 Å². The molecule has 0 bridgehead atoms. The van der Waals surface area contributed by atoms with Gasteiger partial charge in [0.2, 0.25) is 0 Å². The molecule has 0 spiro atoms. The van der Waals surface area contributed by atoms with E-state index in [1.54, 1.807) is 42.5 Å². The molecule has 210 valence electrons. The first-order chi connectivity index (χ1) is 19.0. The summed E-state index contributed by atoms with van der Waals surface area (Å²) in [6.07, 6.45) is 17.5. The van der Waals surface area contributed by atoms with Gasteiger partial charge >= 0.3 is 11.9 Å². The number of aliphatic hydroxyl groups is 1. The van der Waals surface area contributed by atoms with Crippen LogP contribution in [-0.2, 0) is 10.2 Å². The molecule has 0 saturated carbocycles. The summed E-state index contributed by atoms with van der Waals surface area (Å²) in [5.41, 5.74) is 0.748. The molecule has 39 heavy (non-hydrogen) atoms. The van der Waals surface area contributed by atoms with Gasteiger partial charge in [0.15, 0.2) is 0 Å². The van der Waals surface area contributed by atoms with Crippen molar-refractivity contribution in [1.29, 1.82) is 0 Å². The second-order valence-corrected chi connectivity index (χ2v) is 10.2. The smallest absolute Gasteiger partial charge is 0.343 e. The third kappa shape index (κ3) is 9.10. The number of benzene rings is 2. The Kier molecular flexibility index (Phi) is 12.3. The molecule has 2 aromatic rings. The maximum Gasteiger partial charge on any atom is 0.343 e. The van der Waals surface area contributed by atoms with Gasteiger partial charge in [0.1, 0.15) is 11.5 Å². The number of carbonyl (C=O) groups is 2. The molecule has 0 heterocycles. The molecule has 0 aromatic heterocycles. The molecule has 0 atom stereocenters. The molecule has 0 radical (unpaired) electrons. The lowest BCUT2D eigenvalue weighted by molar-refractivity contribution is -0.138. The number of carbonyl (C=O) groups excluding carboxylic acids is 1. The Labute approximate surface area is 232 Å². The van der Waals surface area contributed by atoms with E-state index in [1.165, 1.54) is 0 Å². The van der Waals surface area contributed by atoms with Crippen molar-refractivity contribution in [2.24, 2.45) is 5.92 Å². The second kappa shape index (κ2) is 15.9. The molecule has 0 fully saturated rings. The van der Waals surface area contributed by atoms with Crippen molar-refractivity contribution in [3.05, 3.63) is 84.0 Å². The molecule has 2 aromatic carbocycles. The monoisotopic (exact) mass is 534 g/mol. The number of ether oxygens (including phenoxy) is 2. The van der Waals surface area contributed by atoms with Crippen LogP contribution in [0.15, 0.2) is 72.8 Å². The zero-order chi connectivity index (χ0) is 27.9. The van der Waals surface area contributed by atoms with Gasteiger partial charge < -0.3 is 19.7 Å². The Morgan fingerprint density at radius 2 is 1.51 bits per heavy atom. The molecule has 0 unspecified atom stereocenters. The molecule has 3 rings (SSSR count). The fourth-order valence-electron chi connectivity index (χ4n) is 4.88. The number of hydrogen-bond acceptors (Lipinski definition) is 5. The summed E-state index contributed by atoms with van der Waals surface area (Å²) < 4.78 is 11.7. The molecule has 6 nitrogen and oxygen atoms in total. The van der Waals surface area contributed by atoms with Crippen LogP contribution in [0.4, 0.5) is 0 Å². The van der Waals surface area contributed by atoms with Crippen molar-refractivity contribution in [3.8, 4) is 11.5 Å². The van der Waals surface area contributed by atoms with Crippen LogP contribution in [-0.4, -0.2) is 35.4 Å². The van der Waals surface area contributed by atoms with Crippen LogP contribution >= 0.6 is 0 Å². The van der Waals surface area contributed by atoms with Crippen LogP contribution in [0, 0.1) is 5.92 Å². The van der Waals surface area contributed by atoms with Crippen LogP contribution in [0.1, 0.15) is 87.1 Å². The number of para-hydroxylation sites is 1. The predicted molar refractivity (Wildman–Crippen MR) is 153 cm³/mol. The lowest BCUT2D eigenvalue weighted by atomic mass is 9.72. The van der Waals surface area contributed by atoms with Crippen molar-refractivity contribution in [2.45, 2.75) is 76.5 Å². The molecule has 1 aliphatic rings. The van der Waals surface area contributed by atoms with Gasteiger partial charge in [-0.3, -0.25) is 4.79 Å². The van der Waals surface area contributed by atoms with Crippen LogP contribution in [0.5, 0.6) is 11.5 Å². The van der Waals surface area contributed by atoms with Crippen molar-refractivity contribution >= 4 is 11.9 Å². The number of esters is 1. The predicted octanol–water partition coefficient (Wildman–Crippen LogP) is 7.26. The van der Waals surface area contributed by atoms with E-state index in [2.05, 4.69) is 6.92 Å². The zero-order valence-corrected chi connectivity index (χ0v) is 23.0. The number of carboxylic acids is 1. The first-order valence-electron chi connectivity index (χ1n) is 14.3. The third-order valence-corrected chi connectivity index (χ3v) is 7.18. The van der Waals surface area contributed by atoms with E-state index in [0.29, 0.717) is 23.7 Å². The van der Waals surface area contributed by atoms with E-state index in [4.69, 9.17) is 14.6 Å². The largest absolute Gasteiger partial charge is 0.494 e. The number of unbranched alkanes of at least 4 members (excludes halogenated alkanes) is 7. The Bertz CT molecular complexity index is 1090. The number of carboxylic acid groups (broad SMARTS) is 1. The minimum absolute atomic E-state index is 0.267. The third-order valence-electron chi connectivity index (χ3n) is 7.18. The Hall–Kier alpha value is -3.38. The van der Waals surface area contributed by atoms with Gasteiger partial charge in [-0.1, -0.05) is 94.4 Å². The van der Waals surface area contributed by atoms with Gasteiger partial charge in [-0.25, -0.2) is 4.79 Å². The normalized spacial score (nSPS) is 18.2. The van der Waals surface area contributed by atoms with E-state index in [9.17, 15) is 14.7 Å². The molecular weight excluding hydrogens is 492 g/mol. The number of allylic oxidation sites excluding steroid dienone is 2. The van der Waals surface area contributed by atoms with E-state index in [0.717, 1.165) is 69.8 Å². The summed E-state index contributed by atoms with van der Waals surface area (Å²) in [6.45, 7) is 3.04. The van der Waals surface area contributed by atoms with E-state index in [-0.39, 0.29) is 6.61 Å². The minimum Gasteiger partial charge on any atom is -0.494 e. The average molecular weight is 535 g/mol. The molecule has 6 heteroatoms. The van der Waals surface area contributed by atoms with Crippen molar-refractivity contribution in [1.82, 2.24) is 0 Å². The fraction of sp³-hybridized carbons (Fsp3) is 0.455. The number of aliphatic hydroxyl groups excluding tert-OH is 1. The van der Waals surface area contributed by atoms with Gasteiger partial charge in [0.05, 0.1) is 18.1 Å².